The minimum atomic E-state index is 0. The summed E-state index contributed by atoms with van der Waals surface area (Å²) in [6.45, 7) is 18.2. The lowest BCUT2D eigenvalue weighted by molar-refractivity contribution is 0.140. The molecule has 0 aromatic heterocycles. The third-order valence-electron chi connectivity index (χ3n) is 5.54. The highest BCUT2D eigenvalue weighted by molar-refractivity contribution is 14.0. The van der Waals surface area contributed by atoms with Crippen molar-refractivity contribution in [1.82, 2.24) is 25.3 Å². The maximum absolute atomic E-state index is 4.89. The molecule has 1 unspecified atom stereocenters. The van der Waals surface area contributed by atoms with Gasteiger partial charge in [-0.3, -0.25) is 4.99 Å². The lowest BCUT2D eigenvalue weighted by atomic mass is 10.1. The molecule has 0 amide bonds. The number of hydrogen-bond acceptors (Lipinski definition) is 4. The van der Waals surface area contributed by atoms with Crippen LogP contribution in [0.5, 0.6) is 0 Å². The van der Waals surface area contributed by atoms with Gasteiger partial charge in [0.1, 0.15) is 0 Å². The Morgan fingerprint density at radius 2 is 1.70 bits per heavy atom. The molecular weight excluding hydrogens is 451 g/mol. The van der Waals surface area contributed by atoms with Crippen molar-refractivity contribution < 1.29 is 0 Å². The van der Waals surface area contributed by atoms with E-state index in [9.17, 15) is 0 Å². The molecular formula is C20H43IN6. The lowest BCUT2D eigenvalue weighted by Crippen LogP contribution is -2.49. The van der Waals surface area contributed by atoms with Crippen LogP contribution in [0.1, 0.15) is 40.0 Å². The van der Waals surface area contributed by atoms with Crippen LogP contribution < -0.4 is 10.6 Å². The summed E-state index contributed by atoms with van der Waals surface area (Å²) in [6.07, 6.45) is 3.70. The summed E-state index contributed by atoms with van der Waals surface area (Å²) in [5, 5.41) is 7.11. The number of nitrogens with zero attached hydrogens (tertiary/aromatic N) is 4. The number of halogens is 1. The number of likely N-dealkylation sites (N-methyl/N-ethyl adjacent to an activating group) is 1. The molecule has 0 bridgehead atoms. The minimum absolute atomic E-state index is 0. The lowest BCUT2D eigenvalue weighted by Gasteiger charge is -2.34. The van der Waals surface area contributed by atoms with Gasteiger partial charge in [0.2, 0.25) is 0 Å². The Labute approximate surface area is 184 Å². The molecule has 2 saturated heterocycles. The zero-order chi connectivity index (χ0) is 18.8. The highest BCUT2D eigenvalue weighted by Crippen LogP contribution is 2.10. The molecule has 2 aliphatic heterocycles. The quantitative estimate of drug-likeness (QED) is 0.307. The van der Waals surface area contributed by atoms with Crippen molar-refractivity contribution >= 4 is 29.9 Å². The number of likely N-dealkylation sites (tertiary alicyclic amines) is 1. The van der Waals surface area contributed by atoms with Crippen LogP contribution in [-0.4, -0.2) is 99.2 Å². The summed E-state index contributed by atoms with van der Waals surface area (Å²) < 4.78 is 0. The molecule has 0 aromatic rings. The van der Waals surface area contributed by atoms with Gasteiger partial charge in [0.15, 0.2) is 5.96 Å². The van der Waals surface area contributed by atoms with E-state index in [1.54, 1.807) is 0 Å². The smallest absolute Gasteiger partial charge is 0.191 e. The zero-order valence-corrected chi connectivity index (χ0v) is 20.4. The second kappa shape index (κ2) is 14.0. The third-order valence-corrected chi connectivity index (χ3v) is 5.54. The van der Waals surface area contributed by atoms with Crippen LogP contribution in [0.15, 0.2) is 4.99 Å². The fraction of sp³-hybridized carbons (Fsp3) is 0.950. The first kappa shape index (κ1) is 24.9. The van der Waals surface area contributed by atoms with E-state index in [4.69, 9.17) is 4.99 Å². The van der Waals surface area contributed by atoms with E-state index < -0.39 is 0 Å². The van der Waals surface area contributed by atoms with E-state index in [0.29, 0.717) is 12.0 Å². The molecule has 1 atom stereocenters. The topological polar surface area (TPSA) is 46.1 Å². The predicted octanol–water partition coefficient (Wildman–Crippen LogP) is 1.92. The Hall–Kier alpha value is -0.120. The number of rotatable bonds is 8. The average Bonchev–Trinajstić information content (AvgIpc) is 2.64. The van der Waals surface area contributed by atoms with E-state index in [1.165, 1.54) is 65.1 Å². The van der Waals surface area contributed by atoms with Gasteiger partial charge in [-0.1, -0.05) is 13.8 Å². The van der Waals surface area contributed by atoms with Crippen molar-refractivity contribution in [2.24, 2.45) is 10.9 Å². The molecule has 7 heteroatoms. The molecule has 0 radical (unpaired) electrons. The van der Waals surface area contributed by atoms with Gasteiger partial charge in [0.25, 0.3) is 0 Å². The number of hydrogen-bond donors (Lipinski definition) is 2. The van der Waals surface area contributed by atoms with Crippen LogP contribution in [0.3, 0.4) is 0 Å². The fourth-order valence-electron chi connectivity index (χ4n) is 3.91. The summed E-state index contributed by atoms with van der Waals surface area (Å²) in [7, 11) is 2.21. The van der Waals surface area contributed by atoms with Gasteiger partial charge >= 0.3 is 0 Å². The minimum Gasteiger partial charge on any atom is -0.357 e. The maximum Gasteiger partial charge on any atom is 0.191 e. The summed E-state index contributed by atoms with van der Waals surface area (Å²) >= 11 is 0. The van der Waals surface area contributed by atoms with Crippen LogP contribution >= 0.6 is 24.0 Å². The average molecular weight is 495 g/mol. The van der Waals surface area contributed by atoms with Crippen LogP contribution in [0, 0.1) is 5.92 Å². The van der Waals surface area contributed by atoms with Crippen LogP contribution in [0.4, 0.5) is 0 Å². The first-order chi connectivity index (χ1) is 12.6. The van der Waals surface area contributed by atoms with E-state index in [0.717, 1.165) is 25.6 Å². The molecule has 2 rings (SSSR count). The molecule has 0 spiro atoms. The highest BCUT2D eigenvalue weighted by Gasteiger charge is 2.20. The first-order valence-electron chi connectivity index (χ1n) is 10.8. The van der Waals surface area contributed by atoms with Crippen LogP contribution in [0.2, 0.25) is 0 Å². The SMILES string of the molecule is CCCN1CCC(NC(=NCC(C)CN2CCN(C)CC2)NCC)CC1.I. The normalized spacial score (nSPS) is 22.3. The van der Waals surface area contributed by atoms with Crippen molar-refractivity contribution in [3.63, 3.8) is 0 Å². The summed E-state index contributed by atoms with van der Waals surface area (Å²) in [6, 6.07) is 0.564. The standard InChI is InChI=1S/C20H42N6.HI/c1-5-9-25-10-7-19(8-11-25)23-20(21-6-2)22-16-18(3)17-26-14-12-24(4)13-15-26;/h18-19H,5-17H2,1-4H3,(H2,21,22,23);1H. The number of piperidine rings is 1. The van der Waals surface area contributed by atoms with Gasteiger partial charge in [-0.05, 0) is 45.7 Å². The van der Waals surface area contributed by atoms with Gasteiger partial charge in [-0.25, -0.2) is 0 Å². The number of aliphatic imine (C=N–C) groups is 1. The molecule has 0 saturated carbocycles. The molecule has 27 heavy (non-hydrogen) atoms. The van der Waals surface area contributed by atoms with Gasteiger partial charge in [-0.2, -0.15) is 0 Å². The van der Waals surface area contributed by atoms with E-state index in [1.807, 2.05) is 0 Å². The van der Waals surface area contributed by atoms with Gasteiger partial charge < -0.3 is 25.3 Å². The van der Waals surface area contributed by atoms with Crippen molar-refractivity contribution in [1.29, 1.82) is 0 Å². The molecule has 160 valence electrons. The second-order valence-corrected chi connectivity index (χ2v) is 8.19. The molecule has 6 nitrogen and oxygen atoms in total. The predicted molar refractivity (Wildman–Crippen MR) is 127 cm³/mol. The Morgan fingerprint density at radius 3 is 2.30 bits per heavy atom. The van der Waals surface area contributed by atoms with Crippen molar-refractivity contribution in [3.8, 4) is 0 Å². The van der Waals surface area contributed by atoms with Crippen LogP contribution in [0.25, 0.3) is 0 Å². The van der Waals surface area contributed by atoms with Crippen molar-refractivity contribution in [2.45, 2.75) is 46.1 Å². The van der Waals surface area contributed by atoms with Crippen LogP contribution in [-0.2, 0) is 0 Å². The van der Waals surface area contributed by atoms with E-state index in [-0.39, 0.29) is 24.0 Å². The largest absolute Gasteiger partial charge is 0.357 e. The Balaban J connectivity index is 0.00000364. The van der Waals surface area contributed by atoms with Gasteiger partial charge in [-0.15, -0.1) is 24.0 Å². The Bertz CT molecular complexity index is 403. The monoisotopic (exact) mass is 494 g/mol. The van der Waals surface area contributed by atoms with E-state index >= 15 is 0 Å². The molecule has 2 aliphatic rings. The summed E-state index contributed by atoms with van der Waals surface area (Å²) in [5.74, 6) is 1.60. The Kier molecular flexibility index (Phi) is 12.9. The maximum atomic E-state index is 4.89. The zero-order valence-electron chi connectivity index (χ0n) is 18.0. The number of piperazine rings is 1. The molecule has 0 aromatic carbocycles. The van der Waals surface area contributed by atoms with E-state index in [2.05, 4.69) is 53.2 Å². The van der Waals surface area contributed by atoms with Gasteiger partial charge in [0, 0.05) is 64.9 Å². The molecule has 0 aliphatic carbocycles. The second-order valence-electron chi connectivity index (χ2n) is 8.19. The van der Waals surface area contributed by atoms with Gasteiger partial charge in [0.05, 0.1) is 0 Å². The van der Waals surface area contributed by atoms with Crippen molar-refractivity contribution in [3.05, 3.63) is 0 Å². The first-order valence-corrected chi connectivity index (χ1v) is 10.8. The Morgan fingerprint density at radius 1 is 1.04 bits per heavy atom. The summed E-state index contributed by atoms with van der Waals surface area (Å²) in [5.41, 5.74) is 0. The molecule has 2 fully saturated rings. The fourth-order valence-corrected chi connectivity index (χ4v) is 3.91. The highest BCUT2D eigenvalue weighted by atomic mass is 127. The molecule has 2 N–H and O–H groups in total. The third kappa shape index (κ3) is 9.76. The summed E-state index contributed by atoms with van der Waals surface area (Å²) in [4.78, 5) is 12.5. The molecule has 2 heterocycles. The number of nitrogens with one attached hydrogen (secondary N) is 2. The number of guanidine groups is 1. The van der Waals surface area contributed by atoms with Crippen molar-refractivity contribution in [2.75, 3.05) is 72.5 Å².